The number of hydrogen-bond donors (Lipinski definition) is 1. The second kappa shape index (κ2) is 7.10. The van der Waals surface area contributed by atoms with Crippen LogP contribution in [0.2, 0.25) is 0 Å². The number of hydrogen-bond acceptors (Lipinski definition) is 6. The molecule has 0 fully saturated rings. The highest BCUT2D eigenvalue weighted by Crippen LogP contribution is 2.26. The molecule has 0 aliphatic heterocycles. The molecule has 8 heteroatoms. The third kappa shape index (κ3) is 3.99. The van der Waals surface area contributed by atoms with E-state index in [1.165, 1.54) is 29.6 Å². The molecule has 0 saturated heterocycles. The van der Waals surface area contributed by atoms with Crippen LogP contribution in [0.5, 0.6) is 0 Å². The average Bonchev–Trinajstić information content (AvgIpc) is 3.22. The van der Waals surface area contributed by atoms with Gasteiger partial charge in [0.1, 0.15) is 11.5 Å². The van der Waals surface area contributed by atoms with Crippen LogP contribution < -0.4 is 5.32 Å². The van der Waals surface area contributed by atoms with Gasteiger partial charge in [-0.25, -0.2) is 4.98 Å². The first-order valence-electron chi connectivity index (χ1n) is 7.28. The molecule has 0 unspecified atom stereocenters. The normalized spacial score (nSPS) is 10.9. The van der Waals surface area contributed by atoms with Gasteiger partial charge in [0.2, 0.25) is 5.91 Å². The number of rotatable bonds is 5. The molecule has 3 aromatic rings. The van der Waals surface area contributed by atoms with Crippen LogP contribution in [0.15, 0.2) is 52.3 Å². The second-order valence-electron chi connectivity index (χ2n) is 5.09. The van der Waals surface area contributed by atoms with Crippen LogP contribution in [0.3, 0.4) is 0 Å². The lowest BCUT2D eigenvalue weighted by Gasteiger charge is -1.97. The zero-order valence-electron chi connectivity index (χ0n) is 13.1. The molecule has 0 radical (unpaired) electrons. The lowest BCUT2D eigenvalue weighted by molar-refractivity contribution is -0.385. The van der Waals surface area contributed by atoms with Crippen molar-refractivity contribution in [1.82, 2.24) is 4.98 Å². The van der Waals surface area contributed by atoms with E-state index >= 15 is 0 Å². The third-order valence-electron chi connectivity index (χ3n) is 3.27. The minimum Gasteiger partial charge on any atom is -0.460 e. The number of nitro groups is 1. The van der Waals surface area contributed by atoms with Crippen molar-refractivity contribution in [3.63, 3.8) is 0 Å². The van der Waals surface area contributed by atoms with Gasteiger partial charge in [0.05, 0.1) is 10.5 Å². The van der Waals surface area contributed by atoms with Gasteiger partial charge < -0.3 is 4.42 Å². The predicted molar refractivity (Wildman–Crippen MR) is 95.3 cm³/mol. The molecule has 7 nitrogen and oxygen atoms in total. The average molecular weight is 355 g/mol. The number of anilines is 1. The summed E-state index contributed by atoms with van der Waals surface area (Å²) < 4.78 is 5.48. The Morgan fingerprint density at radius 1 is 1.32 bits per heavy atom. The lowest BCUT2D eigenvalue weighted by atomic mass is 10.1. The number of carbonyl (C=O) groups is 1. The van der Waals surface area contributed by atoms with Crippen LogP contribution >= 0.6 is 11.3 Å². The number of carbonyl (C=O) groups excluding carboxylic acids is 1. The van der Waals surface area contributed by atoms with Gasteiger partial charge in [0.15, 0.2) is 10.9 Å². The summed E-state index contributed by atoms with van der Waals surface area (Å²) in [5, 5.41) is 15.8. The topological polar surface area (TPSA) is 98.3 Å². The molecule has 2 aromatic heterocycles. The van der Waals surface area contributed by atoms with Gasteiger partial charge in [-0.05, 0) is 31.2 Å². The Balaban J connectivity index is 1.69. The molecule has 0 bridgehead atoms. The maximum Gasteiger partial charge on any atom is 0.276 e. The van der Waals surface area contributed by atoms with E-state index in [-0.39, 0.29) is 5.69 Å². The van der Waals surface area contributed by atoms with E-state index in [9.17, 15) is 14.9 Å². The van der Waals surface area contributed by atoms with Crippen molar-refractivity contribution in [2.24, 2.45) is 0 Å². The molecule has 25 heavy (non-hydrogen) atoms. The largest absolute Gasteiger partial charge is 0.460 e. The number of nitrogens with zero attached hydrogens (tertiary/aromatic N) is 2. The highest BCUT2D eigenvalue weighted by Gasteiger charge is 2.11. The molecule has 126 valence electrons. The van der Waals surface area contributed by atoms with E-state index in [0.717, 1.165) is 5.76 Å². The summed E-state index contributed by atoms with van der Waals surface area (Å²) in [5.41, 5.74) is 0.931. The first-order valence-corrected chi connectivity index (χ1v) is 8.16. The number of para-hydroxylation sites is 1. The second-order valence-corrected chi connectivity index (χ2v) is 5.94. The highest BCUT2D eigenvalue weighted by atomic mass is 32.1. The first-order chi connectivity index (χ1) is 12.0. The van der Waals surface area contributed by atoms with Crippen molar-refractivity contribution in [2.75, 3.05) is 5.32 Å². The fraction of sp³-hybridized carbons (Fsp3) is 0.0588. The molecule has 0 atom stereocenters. The minimum absolute atomic E-state index is 0.0590. The summed E-state index contributed by atoms with van der Waals surface area (Å²) in [6, 6.07) is 9.84. The van der Waals surface area contributed by atoms with Crippen LogP contribution in [0.25, 0.3) is 17.5 Å². The molecule has 2 heterocycles. The van der Waals surface area contributed by atoms with Gasteiger partial charge in [-0.15, -0.1) is 11.3 Å². The Kier molecular flexibility index (Phi) is 4.71. The molecule has 0 aliphatic carbocycles. The number of benzene rings is 1. The Labute approximate surface area is 146 Å². The van der Waals surface area contributed by atoms with Gasteiger partial charge in [-0.1, -0.05) is 12.1 Å². The number of aromatic nitrogens is 1. The standard InChI is InChI=1S/C17H13N3O4S/c1-11-6-8-15(24-11)13-10-25-17(18-13)19-16(21)9-7-12-4-2-3-5-14(12)20(22)23/h2-10H,1H3,(H,18,19,21)/b9-7+. The van der Waals surface area contributed by atoms with E-state index in [2.05, 4.69) is 10.3 Å². The predicted octanol–water partition coefficient (Wildman–Crippen LogP) is 4.27. The number of amides is 1. The van der Waals surface area contributed by atoms with Crippen molar-refractivity contribution in [3.8, 4) is 11.5 Å². The molecular formula is C17H13N3O4S. The van der Waals surface area contributed by atoms with Crippen LogP contribution in [0, 0.1) is 17.0 Å². The SMILES string of the molecule is Cc1ccc(-c2csc(NC(=O)/C=C/c3ccccc3[N+](=O)[O-])n2)o1. The smallest absolute Gasteiger partial charge is 0.276 e. The van der Waals surface area contributed by atoms with E-state index in [4.69, 9.17) is 4.42 Å². The Hall–Kier alpha value is -3.26. The maximum absolute atomic E-state index is 12.0. The number of nitrogens with one attached hydrogen (secondary N) is 1. The van der Waals surface area contributed by atoms with Gasteiger partial charge >= 0.3 is 0 Å². The molecule has 0 saturated carbocycles. The van der Waals surface area contributed by atoms with Crippen molar-refractivity contribution in [2.45, 2.75) is 6.92 Å². The zero-order chi connectivity index (χ0) is 17.8. The van der Waals surface area contributed by atoms with Crippen LogP contribution in [0.1, 0.15) is 11.3 Å². The van der Waals surface area contributed by atoms with E-state index in [0.29, 0.717) is 22.1 Å². The molecule has 1 N–H and O–H groups in total. The third-order valence-corrected chi connectivity index (χ3v) is 4.03. The van der Waals surface area contributed by atoms with Crippen molar-refractivity contribution < 1.29 is 14.1 Å². The monoisotopic (exact) mass is 355 g/mol. The van der Waals surface area contributed by atoms with Gasteiger partial charge in [-0.2, -0.15) is 0 Å². The van der Waals surface area contributed by atoms with Crippen molar-refractivity contribution in [1.29, 1.82) is 0 Å². The molecule has 1 amide bonds. The lowest BCUT2D eigenvalue weighted by Crippen LogP contribution is -2.07. The zero-order valence-corrected chi connectivity index (χ0v) is 13.9. The Morgan fingerprint density at radius 2 is 2.12 bits per heavy atom. The summed E-state index contributed by atoms with van der Waals surface area (Å²) in [7, 11) is 0. The minimum atomic E-state index is -0.490. The van der Waals surface area contributed by atoms with Gasteiger partial charge in [0.25, 0.3) is 5.69 Å². The van der Waals surface area contributed by atoms with Crippen LogP contribution in [0.4, 0.5) is 10.8 Å². The molecule has 1 aromatic carbocycles. The summed E-state index contributed by atoms with van der Waals surface area (Å²) in [6.45, 7) is 1.84. The molecule has 3 rings (SSSR count). The Bertz CT molecular complexity index is 958. The van der Waals surface area contributed by atoms with Crippen molar-refractivity contribution >= 4 is 34.1 Å². The Morgan fingerprint density at radius 3 is 2.84 bits per heavy atom. The van der Waals surface area contributed by atoms with Gasteiger partial charge in [-0.3, -0.25) is 20.2 Å². The number of nitro benzene ring substituents is 1. The van der Waals surface area contributed by atoms with E-state index < -0.39 is 10.8 Å². The number of aryl methyl sites for hydroxylation is 1. The summed E-state index contributed by atoms with van der Waals surface area (Å²) >= 11 is 1.27. The quantitative estimate of drug-likeness (QED) is 0.418. The fourth-order valence-corrected chi connectivity index (χ4v) is 2.83. The summed E-state index contributed by atoms with van der Waals surface area (Å²) in [6.07, 6.45) is 2.64. The maximum atomic E-state index is 12.0. The molecule has 0 spiro atoms. The molecule has 0 aliphatic rings. The van der Waals surface area contributed by atoms with E-state index in [1.54, 1.807) is 23.6 Å². The first kappa shape index (κ1) is 16.6. The number of furan rings is 1. The van der Waals surface area contributed by atoms with Crippen LogP contribution in [-0.2, 0) is 4.79 Å². The summed E-state index contributed by atoms with van der Waals surface area (Å²) in [5.74, 6) is 0.986. The molecular weight excluding hydrogens is 342 g/mol. The number of thiazole rings is 1. The van der Waals surface area contributed by atoms with Crippen molar-refractivity contribution in [3.05, 3.63) is 69.3 Å². The summed E-state index contributed by atoms with van der Waals surface area (Å²) in [4.78, 5) is 26.7. The highest BCUT2D eigenvalue weighted by molar-refractivity contribution is 7.14. The van der Waals surface area contributed by atoms with Crippen LogP contribution in [-0.4, -0.2) is 15.8 Å². The fourth-order valence-electron chi connectivity index (χ4n) is 2.12. The van der Waals surface area contributed by atoms with Gasteiger partial charge in [0, 0.05) is 17.5 Å². The van der Waals surface area contributed by atoms with E-state index in [1.807, 2.05) is 19.1 Å².